The SMILES string of the molecule is CC[C@@H](C)Sc1nc(NC(C)=O)c(NC(=O)c2ccc(F)cc2)c(=O)[nH]1. The van der Waals surface area contributed by atoms with E-state index >= 15 is 0 Å². The van der Waals surface area contributed by atoms with Crippen molar-refractivity contribution in [2.45, 2.75) is 37.6 Å². The minimum atomic E-state index is -0.619. The monoisotopic (exact) mass is 378 g/mol. The molecule has 3 N–H and O–H groups in total. The van der Waals surface area contributed by atoms with Gasteiger partial charge in [-0.3, -0.25) is 19.4 Å². The van der Waals surface area contributed by atoms with Crippen molar-refractivity contribution < 1.29 is 14.0 Å². The lowest BCUT2D eigenvalue weighted by Gasteiger charge is -2.13. The van der Waals surface area contributed by atoms with Crippen molar-refractivity contribution in [2.75, 3.05) is 10.6 Å². The lowest BCUT2D eigenvalue weighted by molar-refractivity contribution is -0.114. The second-order valence-corrected chi connectivity index (χ2v) is 7.00. The van der Waals surface area contributed by atoms with Crippen LogP contribution in [-0.4, -0.2) is 27.0 Å². The third kappa shape index (κ3) is 5.16. The molecule has 1 aromatic heterocycles. The zero-order valence-electron chi connectivity index (χ0n) is 14.6. The Kier molecular flexibility index (Phi) is 6.51. The Labute approximate surface area is 153 Å². The Bertz CT molecular complexity index is 867. The van der Waals surface area contributed by atoms with Gasteiger partial charge in [-0.05, 0) is 30.7 Å². The van der Waals surface area contributed by atoms with Crippen LogP contribution in [-0.2, 0) is 4.79 Å². The van der Waals surface area contributed by atoms with Gasteiger partial charge in [-0.25, -0.2) is 9.37 Å². The van der Waals surface area contributed by atoms with Crippen molar-refractivity contribution in [3.05, 3.63) is 46.0 Å². The number of rotatable bonds is 6. The number of halogens is 1. The molecule has 2 rings (SSSR count). The Morgan fingerprint density at radius 1 is 1.27 bits per heavy atom. The first kappa shape index (κ1) is 19.6. The highest BCUT2D eigenvalue weighted by atomic mass is 32.2. The Hall–Kier alpha value is -2.68. The van der Waals surface area contributed by atoms with Crippen LogP contribution in [0.4, 0.5) is 15.9 Å². The Morgan fingerprint density at radius 3 is 2.50 bits per heavy atom. The van der Waals surface area contributed by atoms with Crippen LogP contribution < -0.4 is 16.2 Å². The van der Waals surface area contributed by atoms with E-state index in [2.05, 4.69) is 20.6 Å². The van der Waals surface area contributed by atoms with Crippen molar-refractivity contribution in [1.29, 1.82) is 0 Å². The van der Waals surface area contributed by atoms with Crippen LogP contribution in [0.2, 0.25) is 0 Å². The largest absolute Gasteiger partial charge is 0.314 e. The third-order valence-electron chi connectivity index (χ3n) is 3.42. The second kappa shape index (κ2) is 8.61. The fraction of sp³-hybridized carbons (Fsp3) is 0.294. The van der Waals surface area contributed by atoms with E-state index in [1.165, 1.54) is 30.8 Å². The normalized spacial score (nSPS) is 11.7. The average molecular weight is 378 g/mol. The summed E-state index contributed by atoms with van der Waals surface area (Å²) in [6.07, 6.45) is 0.868. The van der Waals surface area contributed by atoms with Gasteiger partial charge in [0.1, 0.15) is 5.82 Å². The predicted molar refractivity (Wildman–Crippen MR) is 99.1 cm³/mol. The van der Waals surface area contributed by atoms with E-state index in [-0.39, 0.29) is 22.3 Å². The van der Waals surface area contributed by atoms with Crippen LogP contribution in [0.3, 0.4) is 0 Å². The number of nitrogens with zero attached hydrogens (tertiary/aromatic N) is 1. The van der Waals surface area contributed by atoms with Gasteiger partial charge in [-0.15, -0.1) is 0 Å². The summed E-state index contributed by atoms with van der Waals surface area (Å²) in [6, 6.07) is 4.85. The summed E-state index contributed by atoms with van der Waals surface area (Å²) >= 11 is 1.35. The topological polar surface area (TPSA) is 104 Å². The standard InChI is InChI=1S/C17H19FN4O3S/c1-4-9(2)26-17-21-14(19-10(3)23)13(16(25)22-17)20-15(24)11-5-7-12(18)8-6-11/h5-9H,4H2,1-3H3,(H,20,24)(H2,19,21,22,23,25)/t9-/m1/s1. The molecule has 0 fully saturated rings. The molecule has 0 spiro atoms. The number of carbonyl (C=O) groups excluding carboxylic acids is 2. The van der Waals surface area contributed by atoms with Gasteiger partial charge in [0.05, 0.1) is 0 Å². The van der Waals surface area contributed by atoms with Crippen LogP contribution in [0.15, 0.2) is 34.2 Å². The molecule has 1 heterocycles. The van der Waals surface area contributed by atoms with Crippen molar-refractivity contribution in [2.24, 2.45) is 0 Å². The fourth-order valence-electron chi connectivity index (χ4n) is 1.94. The summed E-state index contributed by atoms with van der Waals surface area (Å²) in [5.41, 5.74) is -0.606. The van der Waals surface area contributed by atoms with E-state index in [0.717, 1.165) is 18.6 Å². The highest BCUT2D eigenvalue weighted by Gasteiger charge is 2.17. The lowest BCUT2D eigenvalue weighted by Crippen LogP contribution is -2.24. The van der Waals surface area contributed by atoms with Crippen LogP contribution in [0.1, 0.15) is 37.6 Å². The third-order valence-corrected chi connectivity index (χ3v) is 4.58. The summed E-state index contributed by atoms with van der Waals surface area (Å²) in [5, 5.41) is 5.43. The van der Waals surface area contributed by atoms with Gasteiger partial charge in [-0.2, -0.15) is 0 Å². The van der Waals surface area contributed by atoms with Gasteiger partial charge in [0.25, 0.3) is 11.5 Å². The molecule has 0 aliphatic heterocycles. The van der Waals surface area contributed by atoms with Crippen LogP contribution in [0.25, 0.3) is 0 Å². The molecule has 1 atom stereocenters. The minimum absolute atomic E-state index is 0.0393. The van der Waals surface area contributed by atoms with E-state index in [1.54, 1.807) is 0 Å². The molecule has 0 unspecified atom stereocenters. The first-order valence-electron chi connectivity index (χ1n) is 7.95. The van der Waals surface area contributed by atoms with Gasteiger partial charge in [0.2, 0.25) is 5.91 Å². The van der Waals surface area contributed by atoms with Crippen LogP contribution in [0, 0.1) is 5.82 Å². The molecule has 0 bridgehead atoms. The minimum Gasteiger partial charge on any atom is -0.314 e. The quantitative estimate of drug-likeness (QED) is 0.529. The number of carbonyl (C=O) groups is 2. The summed E-state index contributed by atoms with van der Waals surface area (Å²) in [4.78, 5) is 42.9. The first-order valence-corrected chi connectivity index (χ1v) is 8.83. The van der Waals surface area contributed by atoms with E-state index in [9.17, 15) is 18.8 Å². The number of H-pyrrole nitrogens is 1. The molecular formula is C17H19FN4O3S. The maximum Gasteiger partial charge on any atom is 0.277 e. The number of anilines is 2. The molecule has 0 aliphatic carbocycles. The molecule has 2 amide bonds. The average Bonchev–Trinajstić information content (AvgIpc) is 2.57. The maximum atomic E-state index is 13.0. The predicted octanol–water partition coefficient (Wildman–Crippen LogP) is 3.01. The number of aromatic nitrogens is 2. The molecule has 1 aromatic carbocycles. The second-order valence-electron chi connectivity index (χ2n) is 5.57. The zero-order valence-corrected chi connectivity index (χ0v) is 15.4. The zero-order chi connectivity index (χ0) is 19.3. The number of hydrogen-bond acceptors (Lipinski definition) is 5. The molecule has 0 saturated carbocycles. The van der Waals surface area contributed by atoms with Crippen LogP contribution >= 0.6 is 11.8 Å². The van der Waals surface area contributed by atoms with Gasteiger partial charge < -0.3 is 10.6 Å². The molecule has 26 heavy (non-hydrogen) atoms. The molecule has 0 radical (unpaired) electrons. The Balaban J connectivity index is 2.36. The van der Waals surface area contributed by atoms with E-state index in [1.807, 2.05) is 13.8 Å². The molecule has 138 valence electrons. The number of nitrogens with one attached hydrogen (secondary N) is 3. The molecule has 0 aliphatic rings. The summed E-state index contributed by atoms with van der Waals surface area (Å²) in [7, 11) is 0. The van der Waals surface area contributed by atoms with Gasteiger partial charge in [0, 0.05) is 17.7 Å². The lowest BCUT2D eigenvalue weighted by atomic mass is 10.2. The highest BCUT2D eigenvalue weighted by Crippen LogP contribution is 2.24. The summed E-state index contributed by atoms with van der Waals surface area (Å²) < 4.78 is 13.0. The van der Waals surface area contributed by atoms with Crippen molar-refractivity contribution >= 4 is 35.1 Å². The number of hydrogen-bond donors (Lipinski definition) is 3. The van der Waals surface area contributed by atoms with E-state index < -0.39 is 23.2 Å². The molecule has 9 heteroatoms. The van der Waals surface area contributed by atoms with Gasteiger partial charge in [0.15, 0.2) is 16.7 Å². The van der Waals surface area contributed by atoms with E-state index in [4.69, 9.17) is 0 Å². The molecule has 7 nitrogen and oxygen atoms in total. The van der Waals surface area contributed by atoms with Gasteiger partial charge in [-0.1, -0.05) is 25.6 Å². The molecular weight excluding hydrogens is 359 g/mol. The van der Waals surface area contributed by atoms with Crippen molar-refractivity contribution in [3.8, 4) is 0 Å². The van der Waals surface area contributed by atoms with E-state index in [0.29, 0.717) is 5.16 Å². The maximum absolute atomic E-state index is 13.0. The summed E-state index contributed by atoms with van der Waals surface area (Å²) in [6.45, 7) is 5.25. The number of aromatic amines is 1. The number of thioether (sulfide) groups is 1. The first-order chi connectivity index (χ1) is 12.3. The smallest absolute Gasteiger partial charge is 0.277 e. The molecule has 0 saturated heterocycles. The number of benzene rings is 1. The Morgan fingerprint density at radius 2 is 1.92 bits per heavy atom. The van der Waals surface area contributed by atoms with Crippen molar-refractivity contribution in [3.63, 3.8) is 0 Å². The number of amides is 2. The van der Waals surface area contributed by atoms with Crippen LogP contribution in [0.5, 0.6) is 0 Å². The summed E-state index contributed by atoms with van der Waals surface area (Å²) in [5.74, 6) is -1.57. The molecule has 2 aromatic rings. The van der Waals surface area contributed by atoms with Crippen molar-refractivity contribution in [1.82, 2.24) is 9.97 Å². The van der Waals surface area contributed by atoms with Gasteiger partial charge >= 0.3 is 0 Å². The highest BCUT2D eigenvalue weighted by molar-refractivity contribution is 7.99. The fourth-order valence-corrected chi connectivity index (χ4v) is 2.79.